The number of carbonyl (C=O) groups is 2. The van der Waals surface area contributed by atoms with Gasteiger partial charge in [0.25, 0.3) is 5.91 Å². The molecule has 138 valence electrons. The number of amides is 1. The van der Waals surface area contributed by atoms with Gasteiger partial charge in [0.05, 0.1) is 11.6 Å². The van der Waals surface area contributed by atoms with Crippen molar-refractivity contribution in [1.82, 2.24) is 5.32 Å². The molecule has 0 radical (unpaired) electrons. The lowest BCUT2D eigenvalue weighted by Gasteiger charge is -2.14. The Morgan fingerprint density at radius 3 is 2.23 bits per heavy atom. The van der Waals surface area contributed by atoms with Crippen molar-refractivity contribution in [2.24, 2.45) is 0 Å². The average molecular weight is 367 g/mol. The van der Waals surface area contributed by atoms with Gasteiger partial charge < -0.3 is 14.8 Å². The Labute approximate surface area is 147 Å². The third-order valence-electron chi connectivity index (χ3n) is 3.34. The van der Waals surface area contributed by atoms with Gasteiger partial charge in [0.15, 0.2) is 6.61 Å². The third kappa shape index (κ3) is 6.12. The lowest BCUT2D eigenvalue weighted by atomic mass is 10.1. The summed E-state index contributed by atoms with van der Waals surface area (Å²) >= 11 is 0. The maximum atomic E-state index is 12.1. The molecule has 0 bridgehead atoms. The second kappa shape index (κ2) is 8.37. The maximum Gasteiger partial charge on any atom is 0.573 e. The number of hydrogen-bond acceptors (Lipinski definition) is 4. The maximum absolute atomic E-state index is 12.1. The van der Waals surface area contributed by atoms with Crippen LogP contribution in [0.1, 0.15) is 28.9 Å². The molecule has 0 saturated heterocycles. The Hall–Kier alpha value is -3.03. The highest BCUT2D eigenvalue weighted by Crippen LogP contribution is 2.22. The van der Waals surface area contributed by atoms with Gasteiger partial charge in [-0.2, -0.15) is 0 Å². The zero-order valence-corrected chi connectivity index (χ0v) is 13.7. The predicted octanol–water partition coefficient (Wildman–Crippen LogP) is 3.62. The van der Waals surface area contributed by atoms with Crippen LogP contribution in [-0.2, 0) is 9.53 Å². The first-order valence-corrected chi connectivity index (χ1v) is 7.62. The molecule has 0 aliphatic carbocycles. The van der Waals surface area contributed by atoms with Crippen LogP contribution in [0.5, 0.6) is 5.75 Å². The molecule has 2 aromatic carbocycles. The van der Waals surface area contributed by atoms with Crippen LogP contribution in [-0.4, -0.2) is 24.8 Å². The summed E-state index contributed by atoms with van der Waals surface area (Å²) in [5.41, 5.74) is 0.899. The van der Waals surface area contributed by atoms with E-state index in [2.05, 4.69) is 10.1 Å². The summed E-state index contributed by atoms with van der Waals surface area (Å²) in [4.78, 5) is 23.7. The Balaban J connectivity index is 1.83. The van der Waals surface area contributed by atoms with Crippen LogP contribution in [0.3, 0.4) is 0 Å². The summed E-state index contributed by atoms with van der Waals surface area (Å²) < 4.78 is 44.8. The van der Waals surface area contributed by atoms with Gasteiger partial charge in [-0.05, 0) is 36.8 Å². The molecule has 1 atom stereocenters. The van der Waals surface area contributed by atoms with Crippen LogP contribution in [0, 0.1) is 0 Å². The van der Waals surface area contributed by atoms with Crippen LogP contribution < -0.4 is 10.1 Å². The molecule has 2 aromatic rings. The highest BCUT2D eigenvalue weighted by atomic mass is 19.4. The SMILES string of the molecule is CC(NC(=O)COC(=O)c1ccc(OC(F)(F)F)cc1)c1ccccc1. The van der Waals surface area contributed by atoms with E-state index in [1.165, 1.54) is 0 Å². The highest BCUT2D eigenvalue weighted by molar-refractivity contribution is 5.91. The quantitative estimate of drug-likeness (QED) is 0.792. The van der Waals surface area contributed by atoms with Crippen molar-refractivity contribution in [1.29, 1.82) is 0 Å². The van der Waals surface area contributed by atoms with E-state index < -0.39 is 30.6 Å². The molecule has 26 heavy (non-hydrogen) atoms. The van der Waals surface area contributed by atoms with Crippen molar-refractivity contribution >= 4 is 11.9 Å². The molecule has 0 aliphatic rings. The molecular weight excluding hydrogens is 351 g/mol. The highest BCUT2D eigenvalue weighted by Gasteiger charge is 2.31. The van der Waals surface area contributed by atoms with E-state index in [0.29, 0.717) is 0 Å². The smallest absolute Gasteiger partial charge is 0.452 e. The fourth-order valence-corrected chi connectivity index (χ4v) is 2.12. The molecule has 1 amide bonds. The van der Waals surface area contributed by atoms with Crippen molar-refractivity contribution in [3.05, 3.63) is 65.7 Å². The Kier molecular flexibility index (Phi) is 6.21. The van der Waals surface area contributed by atoms with Gasteiger partial charge in [-0.15, -0.1) is 13.2 Å². The number of alkyl halides is 3. The molecule has 0 aromatic heterocycles. The topological polar surface area (TPSA) is 64.6 Å². The van der Waals surface area contributed by atoms with Gasteiger partial charge in [-0.1, -0.05) is 30.3 Å². The van der Waals surface area contributed by atoms with Gasteiger partial charge in [0.2, 0.25) is 0 Å². The van der Waals surface area contributed by atoms with E-state index in [1.54, 1.807) is 6.92 Å². The number of halogens is 3. The molecular formula is C18H16F3NO4. The molecule has 0 heterocycles. The molecule has 5 nitrogen and oxygen atoms in total. The van der Waals surface area contributed by atoms with E-state index in [0.717, 1.165) is 29.8 Å². The number of ether oxygens (including phenoxy) is 2. The second-order valence-corrected chi connectivity index (χ2v) is 5.35. The number of nitrogens with one attached hydrogen (secondary N) is 1. The number of hydrogen-bond donors (Lipinski definition) is 1. The lowest BCUT2D eigenvalue weighted by Crippen LogP contribution is -2.31. The minimum atomic E-state index is -4.81. The molecule has 0 fully saturated rings. The first kappa shape index (κ1) is 19.3. The summed E-state index contributed by atoms with van der Waals surface area (Å²) in [5, 5.41) is 2.68. The van der Waals surface area contributed by atoms with Gasteiger partial charge in [0, 0.05) is 0 Å². The van der Waals surface area contributed by atoms with E-state index in [9.17, 15) is 22.8 Å². The summed E-state index contributed by atoms with van der Waals surface area (Å²) in [5.74, 6) is -1.78. The normalized spacial score (nSPS) is 12.2. The first-order valence-electron chi connectivity index (χ1n) is 7.62. The van der Waals surface area contributed by atoms with Crippen LogP contribution in [0.4, 0.5) is 13.2 Å². The fourth-order valence-electron chi connectivity index (χ4n) is 2.12. The summed E-state index contributed by atoms with van der Waals surface area (Å²) in [6, 6.07) is 13.2. The monoisotopic (exact) mass is 367 g/mol. The summed E-state index contributed by atoms with van der Waals surface area (Å²) in [6.07, 6.45) is -4.81. The lowest BCUT2D eigenvalue weighted by molar-refractivity contribution is -0.274. The largest absolute Gasteiger partial charge is 0.573 e. The van der Waals surface area contributed by atoms with Crippen molar-refractivity contribution < 1.29 is 32.2 Å². The molecule has 1 unspecified atom stereocenters. The second-order valence-electron chi connectivity index (χ2n) is 5.35. The zero-order valence-electron chi connectivity index (χ0n) is 13.7. The number of rotatable bonds is 6. The predicted molar refractivity (Wildman–Crippen MR) is 86.4 cm³/mol. The van der Waals surface area contributed by atoms with Crippen LogP contribution in [0.25, 0.3) is 0 Å². The third-order valence-corrected chi connectivity index (χ3v) is 3.34. The number of carbonyl (C=O) groups excluding carboxylic acids is 2. The zero-order chi connectivity index (χ0) is 19.2. The van der Waals surface area contributed by atoms with Gasteiger partial charge in [-0.3, -0.25) is 4.79 Å². The standard InChI is InChI=1S/C18H16F3NO4/c1-12(13-5-3-2-4-6-13)22-16(23)11-25-17(24)14-7-9-15(10-8-14)26-18(19,20)21/h2-10,12H,11H2,1H3,(H,22,23). The van der Waals surface area contributed by atoms with Crippen LogP contribution >= 0.6 is 0 Å². The van der Waals surface area contributed by atoms with Crippen molar-refractivity contribution in [3.63, 3.8) is 0 Å². The summed E-state index contributed by atoms with van der Waals surface area (Å²) in [6.45, 7) is 1.28. The molecule has 0 spiro atoms. The minimum Gasteiger partial charge on any atom is -0.452 e. The number of benzene rings is 2. The fraction of sp³-hybridized carbons (Fsp3) is 0.222. The van der Waals surface area contributed by atoms with Crippen LogP contribution in [0.15, 0.2) is 54.6 Å². The van der Waals surface area contributed by atoms with E-state index in [4.69, 9.17) is 4.74 Å². The minimum absolute atomic E-state index is 0.00318. The van der Waals surface area contributed by atoms with Crippen molar-refractivity contribution in [2.75, 3.05) is 6.61 Å². The first-order chi connectivity index (χ1) is 12.2. The molecule has 1 N–H and O–H groups in total. The molecule has 2 rings (SSSR count). The Morgan fingerprint density at radius 1 is 1.04 bits per heavy atom. The van der Waals surface area contributed by atoms with Crippen molar-refractivity contribution in [3.8, 4) is 5.75 Å². The average Bonchev–Trinajstić information content (AvgIpc) is 2.59. The Bertz CT molecular complexity index is 745. The van der Waals surface area contributed by atoms with Crippen LogP contribution in [0.2, 0.25) is 0 Å². The van der Waals surface area contributed by atoms with E-state index in [1.807, 2.05) is 30.3 Å². The van der Waals surface area contributed by atoms with Crippen molar-refractivity contribution in [2.45, 2.75) is 19.3 Å². The van der Waals surface area contributed by atoms with E-state index in [-0.39, 0.29) is 11.6 Å². The number of esters is 1. The Morgan fingerprint density at radius 2 is 1.65 bits per heavy atom. The van der Waals surface area contributed by atoms with E-state index >= 15 is 0 Å². The molecule has 0 aliphatic heterocycles. The van der Waals surface area contributed by atoms with Gasteiger partial charge in [-0.25, -0.2) is 4.79 Å². The molecule has 8 heteroatoms. The van der Waals surface area contributed by atoms with Gasteiger partial charge in [0.1, 0.15) is 5.75 Å². The van der Waals surface area contributed by atoms with Gasteiger partial charge >= 0.3 is 12.3 Å². The summed E-state index contributed by atoms with van der Waals surface area (Å²) in [7, 11) is 0. The molecule has 0 saturated carbocycles.